The van der Waals surface area contributed by atoms with E-state index in [4.69, 9.17) is 4.98 Å². The fourth-order valence-corrected chi connectivity index (χ4v) is 10.7. The quantitative estimate of drug-likeness (QED) is 0.180. The van der Waals surface area contributed by atoms with Gasteiger partial charge in [0, 0.05) is 68.9 Å². The van der Waals surface area contributed by atoms with Gasteiger partial charge >= 0.3 is 0 Å². The predicted octanol–water partition coefficient (Wildman–Crippen LogP) is 4.28. The molecular formula is C44H47FN10O6. The molecule has 17 heteroatoms. The zero-order valence-corrected chi connectivity index (χ0v) is 34.2. The van der Waals surface area contributed by atoms with E-state index in [-0.39, 0.29) is 59.0 Å². The lowest BCUT2D eigenvalue weighted by Gasteiger charge is -2.39. The molecule has 1 saturated carbocycles. The van der Waals surface area contributed by atoms with Crippen LogP contribution in [-0.2, 0) is 9.59 Å². The number of carbonyl (C=O) groups excluding carboxylic acids is 5. The van der Waals surface area contributed by atoms with Gasteiger partial charge in [-0.25, -0.2) is 14.4 Å². The van der Waals surface area contributed by atoms with Crippen LogP contribution in [0.25, 0.3) is 11.0 Å². The molecule has 3 aromatic heterocycles. The molecule has 4 saturated heterocycles. The number of rotatable bonds is 9. The number of Topliss-reactive ketones (excluding diaryl/α,β-unsaturated/α-hetero) is 1. The standard InChI is InChI=1S/C44H47FN10O6/c1-23-32-19-47-44(50-39(32)54(26-5-3-4-6-26)43(61)38(23)24(2)56)48-36-9-7-27(18-46-36)51-13-11-25(12-14-51)20-52-21-29-15-28(52)22-53(29)35-17-31-30(16-33(35)45)41(59)55(42(31)60)34-8-10-37(57)49-40(34)58/h7,9,16-19,25-26,28-29,34H,3-6,8,10-15,20-22H2,1-2H3,(H,49,57,58)(H,46,47,48,50). The number of piperazine rings is 1. The van der Waals surface area contributed by atoms with Crippen molar-refractivity contribution in [2.75, 3.05) is 47.8 Å². The van der Waals surface area contributed by atoms with E-state index in [1.54, 1.807) is 17.7 Å². The predicted molar refractivity (Wildman–Crippen MR) is 223 cm³/mol. The van der Waals surface area contributed by atoms with Crippen molar-refractivity contribution in [3.63, 3.8) is 0 Å². The minimum absolute atomic E-state index is 0.00559. The van der Waals surface area contributed by atoms with Crippen LogP contribution in [0.4, 0.5) is 27.5 Å². The third kappa shape index (κ3) is 6.73. The largest absolute Gasteiger partial charge is 0.370 e. The second-order valence-corrected chi connectivity index (χ2v) is 17.5. The van der Waals surface area contributed by atoms with Crippen LogP contribution in [0.1, 0.15) is 107 Å². The Morgan fingerprint density at radius 1 is 0.902 bits per heavy atom. The van der Waals surface area contributed by atoms with Crippen LogP contribution in [-0.4, -0.2) is 110 Å². The third-order valence-corrected chi connectivity index (χ3v) is 13.9. The van der Waals surface area contributed by atoms with Gasteiger partial charge in [0.1, 0.15) is 23.3 Å². The lowest BCUT2D eigenvalue weighted by molar-refractivity contribution is -0.136. The number of hydrogen-bond acceptors (Lipinski definition) is 13. The number of hydrogen-bond donors (Lipinski definition) is 2. The summed E-state index contributed by atoms with van der Waals surface area (Å²) in [6.07, 6.45) is 10.3. The third-order valence-electron chi connectivity index (χ3n) is 13.9. The van der Waals surface area contributed by atoms with Crippen molar-refractivity contribution in [1.82, 2.24) is 34.6 Å². The smallest absolute Gasteiger partial charge is 0.263 e. The molecule has 2 bridgehead atoms. The molecule has 5 aliphatic heterocycles. The SMILES string of the molecule is CC(=O)c1c(C)c2cnc(Nc3ccc(N4CCC(CN5CC6CC5CN6c5cc6c(cc5F)C(=O)N(C5CCC(=O)NC5=O)C6=O)CC4)cn3)nc2n(C2CCCC2)c1=O. The number of halogens is 1. The molecule has 5 fully saturated rings. The van der Waals surface area contributed by atoms with E-state index in [1.165, 1.54) is 13.0 Å². The molecule has 1 aliphatic carbocycles. The van der Waals surface area contributed by atoms with Crippen LogP contribution in [0.15, 0.2) is 41.5 Å². The first-order valence-corrected chi connectivity index (χ1v) is 21.4. The molecule has 1 aromatic carbocycles. The Morgan fingerprint density at radius 2 is 1.66 bits per heavy atom. The number of aromatic nitrogens is 4. The normalized spacial score (nSPS) is 23.5. The highest BCUT2D eigenvalue weighted by atomic mass is 19.1. The molecule has 6 aliphatic rings. The lowest BCUT2D eigenvalue weighted by Crippen LogP contribution is -2.54. The number of pyridine rings is 2. The molecule has 4 amide bonds. The van der Waals surface area contributed by atoms with E-state index in [1.807, 2.05) is 23.2 Å². The molecular weight excluding hydrogens is 784 g/mol. The van der Waals surface area contributed by atoms with Crippen LogP contribution < -0.4 is 26.0 Å². The topological polar surface area (TPSA) is 183 Å². The summed E-state index contributed by atoms with van der Waals surface area (Å²) in [5.74, 6) is -1.89. The molecule has 316 valence electrons. The van der Waals surface area contributed by atoms with Gasteiger partial charge in [0.15, 0.2) is 5.78 Å². The Balaban J connectivity index is 0.746. The number of imide groups is 2. The Morgan fingerprint density at radius 3 is 2.33 bits per heavy atom. The Kier molecular flexibility index (Phi) is 9.68. The number of piperidine rings is 2. The summed E-state index contributed by atoms with van der Waals surface area (Å²) in [5, 5.41) is 6.10. The van der Waals surface area contributed by atoms with Crippen molar-refractivity contribution < 1.29 is 28.4 Å². The number of amides is 4. The van der Waals surface area contributed by atoms with E-state index < -0.39 is 35.5 Å². The summed E-state index contributed by atoms with van der Waals surface area (Å²) in [7, 11) is 0. The molecule has 4 aromatic rings. The molecule has 16 nitrogen and oxygen atoms in total. The van der Waals surface area contributed by atoms with Gasteiger partial charge in [0.25, 0.3) is 17.4 Å². The Bertz CT molecular complexity index is 2580. The number of nitrogens with zero attached hydrogens (tertiary/aromatic N) is 8. The van der Waals surface area contributed by atoms with Gasteiger partial charge in [-0.3, -0.25) is 48.5 Å². The van der Waals surface area contributed by atoms with Crippen LogP contribution in [0.5, 0.6) is 0 Å². The van der Waals surface area contributed by atoms with Crippen LogP contribution in [0, 0.1) is 18.7 Å². The van der Waals surface area contributed by atoms with Gasteiger partial charge in [0.2, 0.25) is 17.8 Å². The van der Waals surface area contributed by atoms with Gasteiger partial charge in [-0.2, -0.15) is 4.98 Å². The van der Waals surface area contributed by atoms with E-state index in [0.29, 0.717) is 46.5 Å². The number of likely N-dealkylation sites (tertiary alicyclic amines) is 1. The Hall–Kier alpha value is -6.10. The summed E-state index contributed by atoms with van der Waals surface area (Å²) in [6, 6.07) is 5.76. The monoisotopic (exact) mass is 830 g/mol. The second-order valence-electron chi connectivity index (χ2n) is 17.5. The molecule has 0 spiro atoms. The minimum Gasteiger partial charge on any atom is -0.370 e. The molecule has 8 heterocycles. The van der Waals surface area contributed by atoms with Crippen LogP contribution in [0.2, 0.25) is 0 Å². The molecule has 2 N–H and O–H groups in total. The summed E-state index contributed by atoms with van der Waals surface area (Å²) >= 11 is 0. The van der Waals surface area contributed by atoms with Gasteiger partial charge in [-0.15, -0.1) is 0 Å². The highest BCUT2D eigenvalue weighted by Gasteiger charge is 2.48. The number of benzene rings is 1. The molecule has 3 atom stereocenters. The van der Waals surface area contributed by atoms with Crippen molar-refractivity contribution in [2.45, 2.75) is 95.8 Å². The average Bonchev–Trinajstić information content (AvgIpc) is 4.04. The number of ketones is 1. The van der Waals surface area contributed by atoms with Crippen molar-refractivity contribution in [1.29, 1.82) is 0 Å². The first kappa shape index (κ1) is 39.1. The summed E-state index contributed by atoms with van der Waals surface area (Å²) in [4.78, 5) is 98.6. The molecule has 61 heavy (non-hydrogen) atoms. The first-order chi connectivity index (χ1) is 29.4. The van der Waals surface area contributed by atoms with Crippen molar-refractivity contribution in [3.05, 3.63) is 75.1 Å². The van der Waals surface area contributed by atoms with E-state index >= 15 is 4.39 Å². The minimum atomic E-state index is -1.10. The zero-order chi connectivity index (χ0) is 42.3. The van der Waals surface area contributed by atoms with Gasteiger partial charge < -0.3 is 15.1 Å². The first-order valence-electron chi connectivity index (χ1n) is 21.4. The van der Waals surface area contributed by atoms with Crippen LogP contribution >= 0.6 is 0 Å². The highest BCUT2D eigenvalue weighted by Crippen LogP contribution is 2.40. The van der Waals surface area contributed by atoms with E-state index in [0.717, 1.165) is 87.8 Å². The summed E-state index contributed by atoms with van der Waals surface area (Å²) in [5.41, 5.74) is 2.41. The van der Waals surface area contributed by atoms with Gasteiger partial charge in [-0.1, -0.05) is 12.8 Å². The van der Waals surface area contributed by atoms with E-state index in [9.17, 15) is 28.8 Å². The maximum atomic E-state index is 15.7. The number of fused-ring (bicyclic) bond motifs is 4. The van der Waals surface area contributed by atoms with E-state index in [2.05, 4.69) is 30.4 Å². The molecule has 0 radical (unpaired) electrons. The second kappa shape index (κ2) is 15.1. The fourth-order valence-electron chi connectivity index (χ4n) is 10.7. The lowest BCUT2D eigenvalue weighted by atomic mass is 9.95. The number of anilines is 4. The van der Waals surface area contributed by atoms with Crippen LogP contribution in [0.3, 0.4) is 0 Å². The zero-order valence-electron chi connectivity index (χ0n) is 34.2. The highest BCUT2D eigenvalue weighted by molar-refractivity contribution is 6.23. The summed E-state index contributed by atoms with van der Waals surface area (Å²) in [6.45, 7) is 7.36. The maximum absolute atomic E-state index is 15.7. The van der Waals surface area contributed by atoms with Crippen molar-refractivity contribution in [3.8, 4) is 0 Å². The molecule has 10 rings (SSSR count). The van der Waals surface area contributed by atoms with Crippen molar-refractivity contribution >= 4 is 63.6 Å². The van der Waals surface area contributed by atoms with Gasteiger partial charge in [-0.05, 0) is 88.1 Å². The number of carbonyl (C=O) groups is 5. The average molecular weight is 831 g/mol. The van der Waals surface area contributed by atoms with Gasteiger partial charge in [0.05, 0.1) is 34.3 Å². The number of nitrogens with one attached hydrogen (secondary N) is 2. The molecule has 3 unspecified atom stereocenters. The fraction of sp³-hybridized carbons (Fsp3) is 0.477. The number of aryl methyl sites for hydroxylation is 1. The maximum Gasteiger partial charge on any atom is 0.263 e. The van der Waals surface area contributed by atoms with Crippen molar-refractivity contribution in [2.24, 2.45) is 5.92 Å². The Labute approximate surface area is 350 Å². The summed E-state index contributed by atoms with van der Waals surface area (Å²) < 4.78 is 17.4.